The Labute approximate surface area is 128 Å². The van der Waals surface area contributed by atoms with E-state index in [9.17, 15) is 9.90 Å². The molecule has 0 radical (unpaired) electrons. The number of benzene rings is 2. The molecule has 0 aromatic heterocycles. The molecule has 2 aromatic rings. The largest absolute Gasteiger partial charge is 0.444 e. The van der Waals surface area contributed by atoms with Crippen molar-refractivity contribution in [1.29, 1.82) is 0 Å². The van der Waals surface area contributed by atoms with Gasteiger partial charge < -0.3 is 15.6 Å². The topological polar surface area (TPSA) is 75.8 Å². The van der Waals surface area contributed by atoms with Crippen LogP contribution in [0.4, 0.5) is 10.5 Å². The monoisotopic (exact) mass is 298 g/mol. The van der Waals surface area contributed by atoms with Gasteiger partial charge in [-0.25, -0.2) is 4.79 Å². The van der Waals surface area contributed by atoms with E-state index in [4.69, 9.17) is 10.5 Å². The van der Waals surface area contributed by atoms with Gasteiger partial charge in [0.1, 0.15) is 12.8 Å². The van der Waals surface area contributed by atoms with Crippen molar-refractivity contribution in [2.24, 2.45) is 5.73 Å². The summed E-state index contributed by atoms with van der Waals surface area (Å²) < 4.78 is 5.37. The minimum atomic E-state index is -1.11. The Kier molecular flexibility index (Phi) is 4.09. The third kappa shape index (κ3) is 2.81. The number of carbonyl (C=O) groups excluding carboxylic acids is 1. The molecule has 0 fully saturated rings. The fourth-order valence-electron chi connectivity index (χ4n) is 2.71. The quantitative estimate of drug-likeness (QED) is 0.850. The van der Waals surface area contributed by atoms with Crippen LogP contribution in [0.25, 0.3) is 0 Å². The summed E-state index contributed by atoms with van der Waals surface area (Å²) in [5.41, 5.74) is 8.25. The number of ether oxygens (including phenoxy) is 1. The van der Waals surface area contributed by atoms with Crippen LogP contribution in [-0.2, 0) is 17.8 Å². The zero-order valence-electron chi connectivity index (χ0n) is 12.1. The van der Waals surface area contributed by atoms with Crippen LogP contribution in [0.2, 0.25) is 0 Å². The van der Waals surface area contributed by atoms with Gasteiger partial charge in [-0.1, -0.05) is 48.5 Å². The Morgan fingerprint density at radius 3 is 2.64 bits per heavy atom. The Morgan fingerprint density at radius 1 is 1.23 bits per heavy atom. The maximum Gasteiger partial charge on any atom is 0.415 e. The molecular weight excluding hydrogens is 280 g/mol. The molecule has 5 nitrogen and oxygen atoms in total. The van der Waals surface area contributed by atoms with Gasteiger partial charge in [0.2, 0.25) is 0 Å². The van der Waals surface area contributed by atoms with E-state index in [0.717, 1.165) is 16.8 Å². The molecule has 1 amide bonds. The summed E-state index contributed by atoms with van der Waals surface area (Å²) in [5.74, 6) is 0. The van der Waals surface area contributed by atoms with Crippen LogP contribution in [0, 0.1) is 0 Å². The van der Waals surface area contributed by atoms with Gasteiger partial charge in [0, 0.05) is 0 Å². The summed E-state index contributed by atoms with van der Waals surface area (Å²) in [5, 5.41) is 9.76. The van der Waals surface area contributed by atoms with Crippen LogP contribution in [0.1, 0.15) is 11.1 Å². The maximum absolute atomic E-state index is 12.4. The van der Waals surface area contributed by atoms with Crippen molar-refractivity contribution < 1.29 is 14.6 Å². The van der Waals surface area contributed by atoms with Crippen molar-refractivity contribution in [2.75, 3.05) is 4.90 Å². The van der Waals surface area contributed by atoms with Crippen LogP contribution in [0.3, 0.4) is 0 Å². The number of nitrogens with zero attached hydrogens (tertiary/aromatic N) is 1. The Balaban J connectivity index is 1.77. The van der Waals surface area contributed by atoms with Crippen LogP contribution in [-0.4, -0.2) is 23.5 Å². The molecule has 114 valence electrons. The highest BCUT2D eigenvalue weighted by Crippen LogP contribution is 2.33. The van der Waals surface area contributed by atoms with Gasteiger partial charge in [0.05, 0.1) is 11.7 Å². The van der Waals surface area contributed by atoms with E-state index >= 15 is 0 Å². The zero-order valence-corrected chi connectivity index (χ0v) is 12.1. The number of nitrogens with two attached hydrogens (primary N) is 1. The van der Waals surface area contributed by atoms with Crippen LogP contribution >= 0.6 is 0 Å². The molecule has 2 atom stereocenters. The number of hydrogen-bond donors (Lipinski definition) is 2. The lowest BCUT2D eigenvalue weighted by Gasteiger charge is -2.26. The highest BCUT2D eigenvalue weighted by Gasteiger charge is 2.37. The first-order valence-electron chi connectivity index (χ1n) is 7.18. The summed E-state index contributed by atoms with van der Waals surface area (Å²) >= 11 is 0. The van der Waals surface area contributed by atoms with Gasteiger partial charge in [-0.3, -0.25) is 4.90 Å². The molecule has 0 saturated carbocycles. The molecule has 5 heteroatoms. The molecule has 0 bridgehead atoms. The molecule has 2 unspecified atom stereocenters. The van der Waals surface area contributed by atoms with Gasteiger partial charge in [-0.05, 0) is 23.6 Å². The van der Waals surface area contributed by atoms with Crippen molar-refractivity contribution >= 4 is 11.8 Å². The number of aliphatic hydroxyl groups is 1. The predicted octanol–water partition coefficient (Wildman–Crippen LogP) is 2.03. The average Bonchev–Trinajstić information content (AvgIpc) is 2.93. The molecule has 2 aromatic carbocycles. The number of rotatable bonds is 3. The molecule has 1 aliphatic rings. The summed E-state index contributed by atoms with van der Waals surface area (Å²) in [7, 11) is 0. The first-order valence-corrected chi connectivity index (χ1v) is 7.18. The molecule has 3 N–H and O–H groups in total. The molecule has 1 aliphatic heterocycles. The molecule has 0 saturated heterocycles. The molecule has 22 heavy (non-hydrogen) atoms. The van der Waals surface area contributed by atoms with Crippen molar-refractivity contribution in [3.63, 3.8) is 0 Å². The first-order chi connectivity index (χ1) is 10.7. The van der Waals surface area contributed by atoms with Crippen molar-refractivity contribution in [1.82, 2.24) is 0 Å². The van der Waals surface area contributed by atoms with E-state index in [0.29, 0.717) is 6.42 Å². The van der Waals surface area contributed by atoms with Gasteiger partial charge in [0.25, 0.3) is 0 Å². The highest BCUT2D eigenvalue weighted by molar-refractivity contribution is 5.91. The van der Waals surface area contributed by atoms with Crippen LogP contribution in [0.5, 0.6) is 0 Å². The fourth-order valence-corrected chi connectivity index (χ4v) is 2.71. The first kappa shape index (κ1) is 14.6. The normalized spacial score (nSPS) is 17.9. The second kappa shape index (κ2) is 6.17. The van der Waals surface area contributed by atoms with E-state index in [1.807, 2.05) is 54.6 Å². The molecule has 1 heterocycles. The van der Waals surface area contributed by atoms with Gasteiger partial charge in [0.15, 0.2) is 0 Å². The van der Waals surface area contributed by atoms with Gasteiger partial charge in [-0.2, -0.15) is 0 Å². The predicted molar refractivity (Wildman–Crippen MR) is 83.2 cm³/mol. The number of hydrogen-bond acceptors (Lipinski definition) is 4. The van der Waals surface area contributed by atoms with Crippen molar-refractivity contribution in [3.05, 3.63) is 65.7 Å². The van der Waals surface area contributed by atoms with Crippen LogP contribution < -0.4 is 10.6 Å². The SMILES string of the molecule is NC(O)C1Cc2ccccc2N1C(=O)OCc1ccccc1. The average molecular weight is 298 g/mol. The lowest BCUT2D eigenvalue weighted by atomic mass is 10.1. The summed E-state index contributed by atoms with van der Waals surface area (Å²) in [6.07, 6.45) is -1.09. The number of para-hydroxylation sites is 1. The smallest absolute Gasteiger partial charge is 0.415 e. The molecule has 0 aliphatic carbocycles. The zero-order chi connectivity index (χ0) is 15.5. The summed E-state index contributed by atoms with van der Waals surface area (Å²) in [6, 6.07) is 16.5. The Morgan fingerprint density at radius 2 is 1.91 bits per heavy atom. The lowest BCUT2D eigenvalue weighted by molar-refractivity contribution is 0.122. The van der Waals surface area contributed by atoms with E-state index < -0.39 is 18.4 Å². The van der Waals surface area contributed by atoms with Crippen molar-refractivity contribution in [3.8, 4) is 0 Å². The van der Waals surface area contributed by atoms with Gasteiger partial charge in [-0.15, -0.1) is 0 Å². The second-order valence-electron chi connectivity index (χ2n) is 5.30. The lowest BCUT2D eigenvalue weighted by Crippen LogP contribution is -2.49. The molecule has 3 rings (SSSR count). The highest BCUT2D eigenvalue weighted by atomic mass is 16.6. The van der Waals surface area contributed by atoms with E-state index in [-0.39, 0.29) is 6.61 Å². The number of amides is 1. The third-order valence-corrected chi connectivity index (χ3v) is 3.81. The number of aliphatic hydroxyl groups excluding tert-OH is 1. The Hall–Kier alpha value is -2.37. The minimum absolute atomic E-state index is 0.186. The third-order valence-electron chi connectivity index (χ3n) is 3.81. The van der Waals surface area contributed by atoms with E-state index in [1.165, 1.54) is 4.90 Å². The molecule has 0 spiro atoms. The summed E-state index contributed by atoms with van der Waals surface area (Å²) in [6.45, 7) is 0.186. The van der Waals surface area contributed by atoms with Gasteiger partial charge >= 0.3 is 6.09 Å². The fraction of sp³-hybridized carbons (Fsp3) is 0.235. The number of carbonyl (C=O) groups is 1. The van der Waals surface area contributed by atoms with Crippen LogP contribution in [0.15, 0.2) is 54.6 Å². The second-order valence-corrected chi connectivity index (χ2v) is 5.30. The number of fused-ring (bicyclic) bond motifs is 1. The standard InChI is InChI=1S/C17H18N2O3/c18-16(20)15-10-13-8-4-5-9-14(13)19(15)17(21)22-11-12-6-2-1-3-7-12/h1-9,15-16,20H,10-11,18H2. The maximum atomic E-state index is 12.4. The van der Waals surface area contributed by atoms with Crippen molar-refractivity contribution in [2.45, 2.75) is 25.3 Å². The summed E-state index contributed by atoms with van der Waals surface area (Å²) in [4.78, 5) is 13.9. The Bertz CT molecular complexity index is 658. The minimum Gasteiger partial charge on any atom is -0.444 e. The number of anilines is 1. The van der Waals surface area contributed by atoms with E-state index in [1.54, 1.807) is 0 Å². The molecular formula is C17H18N2O3. The van der Waals surface area contributed by atoms with E-state index in [2.05, 4.69) is 0 Å².